The Morgan fingerprint density at radius 1 is 0.450 bits per heavy atom. The van der Waals surface area contributed by atoms with E-state index in [0.717, 1.165) is 0 Å². The van der Waals surface area contributed by atoms with Crippen LogP contribution in [0.1, 0.15) is 90.5 Å². The van der Waals surface area contributed by atoms with E-state index in [0.29, 0.717) is 120 Å². The molecule has 8 aromatic heterocycles. The molecule has 0 atom stereocenters. The van der Waals surface area contributed by atoms with Crippen molar-refractivity contribution in [2.75, 3.05) is 69.1 Å². The number of rotatable bonds is 7. The summed E-state index contributed by atoms with van der Waals surface area (Å²) in [5.41, 5.74) is 2.62. The van der Waals surface area contributed by atoms with E-state index in [9.17, 15) is 41.3 Å². The lowest BCUT2D eigenvalue weighted by atomic mass is 10.1. The molecule has 0 spiro atoms. The number of benzene rings is 4. The lowest BCUT2D eigenvalue weighted by molar-refractivity contribution is -0.347. The fourth-order valence-corrected chi connectivity index (χ4v) is 12.2. The molecule has 0 aliphatic carbocycles. The number of hydrogen-bond acceptors (Lipinski definition) is 16. The lowest BCUT2D eigenvalue weighted by Gasteiger charge is -2.25. The number of amides is 4. The predicted octanol–water partition coefficient (Wildman–Crippen LogP) is 23.7. The van der Waals surface area contributed by atoms with Gasteiger partial charge in [-0.2, -0.15) is 0 Å². The molecular weight excluding hydrogens is 1710 g/mol. The molecule has 111 heavy (non-hydrogen) atoms. The molecule has 0 aliphatic rings. The van der Waals surface area contributed by atoms with Gasteiger partial charge in [-0.25, -0.2) is 61.7 Å². The van der Waals surface area contributed by atoms with Crippen molar-refractivity contribution in [1.82, 2.24) is 34.9 Å². The van der Waals surface area contributed by atoms with Crippen LogP contribution in [0.2, 0.25) is 25.1 Å². The van der Waals surface area contributed by atoms with Crippen LogP contribution in [0.25, 0.3) is 87.7 Å². The van der Waals surface area contributed by atoms with Crippen molar-refractivity contribution in [3.05, 3.63) is 120 Å². The van der Waals surface area contributed by atoms with E-state index in [2.05, 4.69) is 89.5 Å². The Hall–Kier alpha value is -8.13. The average molecular weight is 1790 g/mol. The summed E-state index contributed by atoms with van der Waals surface area (Å²) in [6, 6.07) is 9.99. The second-order valence-electron chi connectivity index (χ2n) is 27.8. The van der Waals surface area contributed by atoms with Gasteiger partial charge in [0.1, 0.15) is 51.4 Å². The van der Waals surface area contributed by atoms with Gasteiger partial charge in [-0.3, -0.25) is 24.2 Å². The third kappa shape index (κ3) is 21.4. The third-order valence-corrected chi connectivity index (χ3v) is 17.4. The van der Waals surface area contributed by atoms with Gasteiger partial charge in [0.15, 0.2) is 40.2 Å². The van der Waals surface area contributed by atoms with Crippen LogP contribution in [0.4, 0.5) is 59.5 Å². The van der Waals surface area contributed by atoms with Crippen LogP contribution in [0.3, 0.4) is 0 Å². The van der Waals surface area contributed by atoms with E-state index in [1.54, 1.807) is 107 Å². The highest BCUT2D eigenvalue weighted by atomic mass is 79.9. The Labute approximate surface area is 682 Å². The van der Waals surface area contributed by atoms with Gasteiger partial charge >= 0.3 is 29.6 Å². The molecule has 0 bridgehead atoms. The molecule has 12 rings (SSSR count). The van der Waals surface area contributed by atoms with Gasteiger partial charge in [0, 0.05) is 87.2 Å². The number of carbonyl (C=O) groups is 4. The maximum absolute atomic E-state index is 14.8. The summed E-state index contributed by atoms with van der Waals surface area (Å²) in [7, 11) is 10.2. The molecule has 4 aromatic carbocycles. The van der Waals surface area contributed by atoms with Crippen LogP contribution in [-0.2, 0) is 23.5 Å². The highest BCUT2D eigenvalue weighted by Gasteiger charge is 2.33. The van der Waals surface area contributed by atoms with E-state index in [1.807, 2.05) is 0 Å². The van der Waals surface area contributed by atoms with E-state index in [4.69, 9.17) is 91.2 Å². The Kier molecular flexibility index (Phi) is 29.3. The van der Waals surface area contributed by atoms with E-state index in [-0.39, 0.29) is 50.4 Å². The number of hydrogen-bond donors (Lipinski definition) is 4. The molecule has 600 valence electrons. The van der Waals surface area contributed by atoms with Gasteiger partial charge in [0.05, 0.1) is 117 Å². The van der Waals surface area contributed by atoms with E-state index < -0.39 is 75.2 Å². The first kappa shape index (κ1) is 91.7. The number of carbonyl (C=O) groups excluding carboxylic acids is 4. The number of nitrogens with one attached hydrogen (secondary N) is 5. The fourth-order valence-electron chi connectivity index (χ4n) is 10.9. The molecule has 6 N–H and O–H groups in total. The summed E-state index contributed by atoms with van der Waals surface area (Å²) in [5, 5.41) is 2.71. The standard InChI is InChI=1S/C18H18Cl2FN3O3.2C18H19ClFN3O3.C17H16BrClFN3O2.CH4.Cl3OP.H2O/c1-18(2,3)27-17(25)24(4)10-6-9(21)15(26-5)12-11-13(20)8(19)7-22-16(11)23-14(10)12;2*1-18(2,3)26-17(24)23(4)12-7-11(20)15(25-5)13-10-6-9(19)8-21-16(10)22-14(12)13;1-17(2,3)25-16(24)23(4)11-6-10(20)13(18)12-9-5-8(19)7-21-15(9)22-14(11)12;;1-5(2,3)4;/h6-7H,1-5H3,(H,22,23);2*6-8H,1-5H3,(H,21,22);5-7H,1-4H3,(H,21,22);1H4;;1H2. The predicted molar refractivity (Wildman–Crippen MR) is 438 cm³/mol. The number of halogens is 13. The number of aromatic amines is 5. The van der Waals surface area contributed by atoms with Crippen LogP contribution >= 0.6 is 113 Å². The Balaban J connectivity index is 0.000000225. The van der Waals surface area contributed by atoms with Gasteiger partial charge < -0.3 is 53.6 Å². The van der Waals surface area contributed by atoms with Crippen LogP contribution in [0.15, 0.2) is 71.7 Å². The zero-order valence-corrected chi connectivity index (χ0v) is 70.7. The SMILES string of the molecule is C.CN(C(=O)OC(C)(C)C)c1cc(F)c(Br)c2c1[nH]c1ncc(Cl)cc12.COc1c(F)cc(N(C)C(=O)OC(C)(C)C)c2[nH]c3[nH+]cc(Cl)cc3c12.COc1c(F)cc(N(C)C(=O)OC(C)(C)C)c2[nH]c3ncc(Cl)c(Cl)c3c12.COc1c(F)cc(N(C)C(=O)OC(C)(C)C)c2[nH]c3ncc(Cl)cc3c12.O=P(Cl)(Cl)Cl.[OH-]. The molecule has 0 saturated heterocycles. The molecule has 25 nitrogen and oxygen atoms in total. The number of H-pyrrole nitrogens is 5. The molecule has 12 aromatic rings. The summed E-state index contributed by atoms with van der Waals surface area (Å²) in [4.78, 5) is 82.9. The monoisotopic (exact) mass is 1780 g/mol. The largest absolute Gasteiger partial charge is 0.870 e. The first-order valence-electron chi connectivity index (χ1n) is 32.1. The molecule has 39 heteroatoms. The second-order valence-corrected chi connectivity index (χ2v) is 37.4. The van der Waals surface area contributed by atoms with Crippen molar-refractivity contribution in [3.8, 4) is 17.2 Å². The minimum atomic E-state index is -3.22. The molecule has 0 radical (unpaired) electrons. The topological polar surface area (TPSA) is 309 Å². The number of nitrogens with zero attached hydrogens (tertiary/aromatic N) is 7. The summed E-state index contributed by atoms with van der Waals surface area (Å²) in [5.74, 6) is -2.26. The van der Waals surface area contributed by atoms with E-state index in [1.165, 1.54) is 112 Å². The lowest BCUT2D eigenvalue weighted by Crippen LogP contribution is -2.34. The van der Waals surface area contributed by atoms with Crippen LogP contribution in [-0.4, -0.2) is 137 Å². The normalized spacial score (nSPS) is 11.6. The van der Waals surface area contributed by atoms with Crippen molar-refractivity contribution >= 4 is 248 Å². The van der Waals surface area contributed by atoms with Crippen LogP contribution in [0, 0.1) is 23.3 Å². The minimum absolute atomic E-state index is 0. The molecule has 4 amide bonds. The number of pyridine rings is 4. The quantitative estimate of drug-likeness (QED) is 0.0654. The van der Waals surface area contributed by atoms with Crippen molar-refractivity contribution in [2.24, 2.45) is 0 Å². The third-order valence-electron chi connectivity index (χ3n) is 15.2. The molecule has 0 unspecified atom stereocenters. The van der Waals surface area contributed by atoms with Crippen molar-refractivity contribution < 1.29 is 84.9 Å². The van der Waals surface area contributed by atoms with Crippen LogP contribution in [0.5, 0.6) is 17.2 Å². The zero-order chi connectivity index (χ0) is 81.6. The summed E-state index contributed by atoms with van der Waals surface area (Å²) >= 11 is 47.7. The maximum Gasteiger partial charge on any atom is 0.414 e. The van der Waals surface area contributed by atoms with E-state index >= 15 is 0 Å². The molecular formula is C72H78BrCl8F4N12O13P. The number of fused-ring (bicyclic) bond motifs is 12. The molecule has 0 saturated carbocycles. The summed E-state index contributed by atoms with van der Waals surface area (Å²) in [6.45, 7) is 21.1. The summed E-state index contributed by atoms with van der Waals surface area (Å²) in [6.07, 6.45) is 3.57. The Bertz CT molecular complexity index is 5440. The van der Waals surface area contributed by atoms with Crippen molar-refractivity contribution in [2.45, 2.75) is 113 Å². The highest BCUT2D eigenvalue weighted by molar-refractivity contribution is 9.10. The van der Waals surface area contributed by atoms with Gasteiger partial charge in [-0.1, -0.05) is 65.4 Å². The van der Waals surface area contributed by atoms with Crippen LogP contribution < -0.4 is 38.8 Å². The van der Waals surface area contributed by atoms with Gasteiger partial charge in [0.25, 0.3) is 5.65 Å². The number of methoxy groups -OCH3 is 3. The molecule has 0 aliphatic heterocycles. The summed E-state index contributed by atoms with van der Waals surface area (Å²) < 4.78 is 106. The second kappa shape index (κ2) is 35.5. The molecule has 8 heterocycles. The smallest absolute Gasteiger partial charge is 0.414 e. The Morgan fingerprint density at radius 2 is 0.748 bits per heavy atom. The first-order valence-corrected chi connectivity index (χ1v) is 39.2. The van der Waals surface area contributed by atoms with Crippen molar-refractivity contribution in [1.29, 1.82) is 0 Å². The number of aromatic nitrogens is 8. The maximum atomic E-state index is 14.8. The number of ether oxygens (including phenoxy) is 7. The zero-order valence-electron chi connectivity index (χ0n) is 62.2. The average Bonchev–Trinajstić information content (AvgIpc) is 1.62. The fraction of sp³-hybridized carbons (Fsp3) is 0.333. The number of anilines is 4. The minimum Gasteiger partial charge on any atom is -0.870 e. The van der Waals surface area contributed by atoms with Gasteiger partial charge in [0.2, 0.25) is 0 Å². The first-order chi connectivity index (χ1) is 50.4. The van der Waals surface area contributed by atoms with Gasteiger partial charge in [-0.05, 0) is 151 Å². The highest BCUT2D eigenvalue weighted by Crippen LogP contribution is 2.61. The molecule has 0 fully saturated rings. The Morgan fingerprint density at radius 3 is 1.12 bits per heavy atom. The van der Waals surface area contributed by atoms with Gasteiger partial charge in [-0.15, -0.1) is 0 Å². The van der Waals surface area contributed by atoms with Crippen molar-refractivity contribution in [3.63, 3.8) is 0 Å².